The number of hydrogen-bond donors (Lipinski definition) is 0. The lowest BCUT2D eigenvalue weighted by Crippen LogP contribution is -2.21. The summed E-state index contributed by atoms with van der Waals surface area (Å²) in [5.74, 6) is -10.0. The normalized spacial score (nSPS) is 11.8. The summed E-state index contributed by atoms with van der Waals surface area (Å²) in [7, 11) is 0. The largest absolute Gasteiger partial charge is 0.429 e. The third kappa shape index (κ3) is 6.47. The molecule has 0 amide bonds. The Morgan fingerprint density at radius 1 is 0.725 bits per heavy atom. The maximum Gasteiger partial charge on any atom is 0.419 e. The van der Waals surface area contributed by atoms with Crippen molar-refractivity contribution in [2.75, 3.05) is 0 Å². The molecule has 0 spiro atoms. The monoisotopic (exact) mass is 582 g/mol. The van der Waals surface area contributed by atoms with Gasteiger partial charge in [-0.3, -0.25) is 0 Å². The minimum absolute atomic E-state index is 0.0680. The second-order valence-electron chi connectivity index (χ2n) is 8.81. The van der Waals surface area contributed by atoms with Crippen LogP contribution in [0.25, 0.3) is 28.3 Å². The first-order chi connectivity index (χ1) is 18.9. The molecular weight excluding hydrogens is 564 g/mol. The van der Waals surface area contributed by atoms with Crippen molar-refractivity contribution in [2.24, 2.45) is 0 Å². The highest BCUT2D eigenvalue weighted by Crippen LogP contribution is 2.37. The molecule has 0 radical (unpaired) electrons. The Bertz CT molecular complexity index is 1510. The number of halogens is 9. The SMILES string of the molecule is CCCc1ccc(-c2cc(F)c(-c3cc(F)c(/C=C/C(F)(F)Oc4cc(F)c(F)c(F)c4)c(F)c3)c(Cl)c2)cc1. The van der Waals surface area contributed by atoms with E-state index in [0.717, 1.165) is 30.5 Å². The molecule has 4 rings (SSSR count). The van der Waals surface area contributed by atoms with Crippen LogP contribution >= 0.6 is 11.6 Å². The van der Waals surface area contributed by atoms with Gasteiger partial charge in [0.05, 0.1) is 5.02 Å². The summed E-state index contributed by atoms with van der Waals surface area (Å²) in [5, 5.41) is -0.131. The predicted molar refractivity (Wildman–Crippen MR) is 137 cm³/mol. The molecule has 0 atom stereocenters. The van der Waals surface area contributed by atoms with Gasteiger partial charge < -0.3 is 4.74 Å². The van der Waals surface area contributed by atoms with Crippen molar-refractivity contribution in [1.29, 1.82) is 0 Å². The molecule has 1 nitrogen and oxygen atoms in total. The van der Waals surface area contributed by atoms with Crippen LogP contribution in [0.3, 0.4) is 0 Å². The molecule has 0 saturated carbocycles. The minimum atomic E-state index is -4.30. The minimum Gasteiger partial charge on any atom is -0.429 e. The van der Waals surface area contributed by atoms with Crippen LogP contribution in [0, 0.1) is 34.9 Å². The maximum atomic E-state index is 15.1. The molecule has 0 aliphatic heterocycles. The van der Waals surface area contributed by atoms with Gasteiger partial charge in [0, 0.05) is 29.3 Å². The second-order valence-corrected chi connectivity index (χ2v) is 9.22. The van der Waals surface area contributed by atoms with Crippen molar-refractivity contribution in [3.63, 3.8) is 0 Å². The van der Waals surface area contributed by atoms with Crippen LogP contribution in [0.15, 0.2) is 66.7 Å². The van der Waals surface area contributed by atoms with E-state index >= 15 is 4.39 Å². The molecule has 0 N–H and O–H groups in total. The summed E-state index contributed by atoms with van der Waals surface area (Å²) in [4.78, 5) is 0. The van der Waals surface area contributed by atoms with E-state index in [1.54, 1.807) is 12.1 Å². The molecule has 0 aliphatic carbocycles. The number of rotatable bonds is 8. The molecular formula is C30H19ClF8O. The Labute approximate surface area is 229 Å². The van der Waals surface area contributed by atoms with E-state index < -0.39 is 52.3 Å². The summed E-state index contributed by atoms with van der Waals surface area (Å²) >= 11 is 6.28. The Kier molecular flexibility index (Phi) is 8.54. The van der Waals surface area contributed by atoms with Crippen molar-refractivity contribution in [2.45, 2.75) is 25.9 Å². The van der Waals surface area contributed by atoms with Crippen LogP contribution in [0.2, 0.25) is 5.02 Å². The highest BCUT2D eigenvalue weighted by atomic mass is 35.5. The van der Waals surface area contributed by atoms with Crippen LogP contribution in [0.4, 0.5) is 35.1 Å². The zero-order valence-corrected chi connectivity index (χ0v) is 21.4. The molecule has 0 fully saturated rings. The average Bonchev–Trinajstić information content (AvgIpc) is 2.86. The van der Waals surface area contributed by atoms with Gasteiger partial charge in [-0.15, -0.1) is 0 Å². The third-order valence-electron chi connectivity index (χ3n) is 5.89. The van der Waals surface area contributed by atoms with Gasteiger partial charge >= 0.3 is 6.11 Å². The molecule has 0 bridgehead atoms. The first-order valence-corrected chi connectivity index (χ1v) is 12.2. The molecule has 10 heteroatoms. The van der Waals surface area contributed by atoms with Crippen LogP contribution in [0.5, 0.6) is 5.75 Å². The van der Waals surface area contributed by atoms with Gasteiger partial charge in [0.2, 0.25) is 0 Å². The van der Waals surface area contributed by atoms with E-state index in [1.165, 1.54) is 12.1 Å². The lowest BCUT2D eigenvalue weighted by Gasteiger charge is -2.15. The van der Waals surface area contributed by atoms with E-state index in [0.29, 0.717) is 17.2 Å². The van der Waals surface area contributed by atoms with E-state index in [-0.39, 0.29) is 34.4 Å². The molecule has 4 aromatic rings. The number of ether oxygens (including phenoxy) is 1. The summed E-state index contributed by atoms with van der Waals surface area (Å²) in [6.07, 6.45) is -2.18. The fourth-order valence-corrected chi connectivity index (χ4v) is 4.34. The molecule has 40 heavy (non-hydrogen) atoms. The van der Waals surface area contributed by atoms with E-state index in [4.69, 9.17) is 11.6 Å². The maximum absolute atomic E-state index is 15.1. The summed E-state index contributed by atoms with van der Waals surface area (Å²) < 4.78 is 117. The van der Waals surface area contributed by atoms with Gasteiger partial charge in [-0.1, -0.05) is 49.2 Å². The van der Waals surface area contributed by atoms with E-state index in [1.807, 2.05) is 19.1 Å². The smallest absolute Gasteiger partial charge is 0.419 e. The van der Waals surface area contributed by atoms with Crippen molar-refractivity contribution in [3.05, 3.63) is 118 Å². The summed E-state index contributed by atoms with van der Waals surface area (Å²) in [5.41, 5.74) is 0.730. The number of hydrogen-bond acceptors (Lipinski definition) is 1. The standard InChI is InChI=1S/C30H19ClF8O/c1-2-3-16-4-6-17(7-5-16)18-10-22(31)28(25(34)11-18)19-12-23(32)21(24(33)13-19)8-9-30(38,39)40-20-14-26(35)29(37)27(36)15-20/h4-15H,2-3H2,1H3/b9-8+. The summed E-state index contributed by atoms with van der Waals surface area (Å²) in [6, 6.07) is 11.8. The molecule has 0 aliphatic rings. The van der Waals surface area contributed by atoms with Gasteiger partial charge in [-0.2, -0.15) is 8.78 Å². The lowest BCUT2D eigenvalue weighted by molar-refractivity contribution is -0.131. The van der Waals surface area contributed by atoms with E-state index in [2.05, 4.69) is 4.74 Å². The zero-order chi connectivity index (χ0) is 29.2. The highest BCUT2D eigenvalue weighted by Gasteiger charge is 2.29. The summed E-state index contributed by atoms with van der Waals surface area (Å²) in [6.45, 7) is 2.04. The quantitative estimate of drug-likeness (QED) is 0.148. The zero-order valence-electron chi connectivity index (χ0n) is 20.7. The Hall–Kier alpha value is -3.85. The fourth-order valence-electron chi connectivity index (χ4n) is 4.02. The first-order valence-electron chi connectivity index (χ1n) is 11.9. The van der Waals surface area contributed by atoms with Crippen LogP contribution < -0.4 is 4.74 Å². The molecule has 208 valence electrons. The predicted octanol–water partition coefficient (Wildman–Crippen LogP) is 10.1. The number of alkyl halides is 2. The van der Waals surface area contributed by atoms with Gasteiger partial charge in [0.15, 0.2) is 17.5 Å². The Morgan fingerprint density at radius 3 is 1.85 bits per heavy atom. The lowest BCUT2D eigenvalue weighted by atomic mass is 9.97. The fraction of sp³-hybridized carbons (Fsp3) is 0.133. The van der Waals surface area contributed by atoms with E-state index in [9.17, 15) is 30.7 Å². The van der Waals surface area contributed by atoms with Gasteiger partial charge in [0.25, 0.3) is 0 Å². The third-order valence-corrected chi connectivity index (χ3v) is 6.19. The van der Waals surface area contributed by atoms with Gasteiger partial charge in [0.1, 0.15) is 23.2 Å². The first kappa shape index (κ1) is 29.1. The molecule has 0 aromatic heterocycles. The van der Waals surface area contributed by atoms with Crippen LogP contribution in [-0.2, 0) is 6.42 Å². The van der Waals surface area contributed by atoms with Crippen LogP contribution in [-0.4, -0.2) is 6.11 Å². The Balaban J connectivity index is 1.60. The average molecular weight is 583 g/mol. The molecule has 0 saturated heterocycles. The number of aryl methyl sites for hydroxylation is 1. The molecule has 0 unspecified atom stereocenters. The Morgan fingerprint density at radius 2 is 1.30 bits per heavy atom. The van der Waals surface area contributed by atoms with Crippen molar-refractivity contribution in [1.82, 2.24) is 0 Å². The molecule has 4 aromatic carbocycles. The van der Waals surface area contributed by atoms with Gasteiger partial charge in [-0.25, -0.2) is 26.3 Å². The highest BCUT2D eigenvalue weighted by molar-refractivity contribution is 6.33. The molecule has 0 heterocycles. The topological polar surface area (TPSA) is 9.23 Å². The van der Waals surface area contributed by atoms with Crippen molar-refractivity contribution in [3.8, 4) is 28.0 Å². The van der Waals surface area contributed by atoms with Crippen molar-refractivity contribution >= 4 is 17.7 Å². The van der Waals surface area contributed by atoms with Crippen LogP contribution in [0.1, 0.15) is 24.5 Å². The number of benzene rings is 4. The second kappa shape index (κ2) is 11.7. The van der Waals surface area contributed by atoms with Gasteiger partial charge in [-0.05, 0) is 59.0 Å². The van der Waals surface area contributed by atoms with Crippen molar-refractivity contribution < 1.29 is 39.9 Å².